The fraction of sp³-hybridized carbons (Fsp3) is 0.588. The summed E-state index contributed by atoms with van der Waals surface area (Å²) in [5.74, 6) is 0.163. The first-order valence-electron chi connectivity index (χ1n) is 7.98. The molecule has 0 bridgehead atoms. The van der Waals surface area contributed by atoms with Gasteiger partial charge in [-0.05, 0) is 38.8 Å². The van der Waals surface area contributed by atoms with Gasteiger partial charge in [0.1, 0.15) is 0 Å². The predicted octanol–water partition coefficient (Wildman–Crippen LogP) is 2.24. The second-order valence-electron chi connectivity index (χ2n) is 5.82. The number of piperidine rings is 1. The van der Waals surface area contributed by atoms with Gasteiger partial charge in [-0.3, -0.25) is 9.69 Å². The molecule has 21 heavy (non-hydrogen) atoms. The van der Waals surface area contributed by atoms with Crippen LogP contribution in [0.3, 0.4) is 0 Å². The second-order valence-corrected chi connectivity index (χ2v) is 5.82. The van der Waals surface area contributed by atoms with Crippen molar-refractivity contribution in [2.75, 3.05) is 24.5 Å². The monoisotopic (exact) mass is 289 g/mol. The summed E-state index contributed by atoms with van der Waals surface area (Å²) >= 11 is 0. The number of anilines is 1. The zero-order valence-electron chi connectivity index (χ0n) is 13.2. The highest BCUT2D eigenvalue weighted by Crippen LogP contribution is 2.23. The molecule has 0 aromatic heterocycles. The minimum atomic E-state index is 0.163. The molecule has 1 saturated heterocycles. The summed E-state index contributed by atoms with van der Waals surface area (Å²) in [5, 5.41) is 0. The van der Waals surface area contributed by atoms with E-state index >= 15 is 0 Å². The van der Waals surface area contributed by atoms with E-state index in [9.17, 15) is 4.79 Å². The first kappa shape index (κ1) is 16.0. The van der Waals surface area contributed by atoms with E-state index < -0.39 is 0 Å². The van der Waals surface area contributed by atoms with Crippen LogP contribution in [0.25, 0.3) is 0 Å². The lowest BCUT2D eigenvalue weighted by Gasteiger charge is -2.40. The van der Waals surface area contributed by atoms with Crippen LogP contribution in [0.2, 0.25) is 0 Å². The highest BCUT2D eigenvalue weighted by atomic mass is 16.2. The van der Waals surface area contributed by atoms with Crippen LogP contribution in [0.4, 0.5) is 5.69 Å². The molecular weight excluding hydrogens is 262 g/mol. The molecule has 0 saturated carbocycles. The number of likely N-dealkylation sites (tertiary alicyclic amines) is 1. The Labute approximate surface area is 127 Å². The lowest BCUT2D eigenvalue weighted by Crippen LogP contribution is -2.53. The van der Waals surface area contributed by atoms with Gasteiger partial charge >= 0.3 is 0 Å². The number of nitrogens with two attached hydrogens (primary N) is 1. The Hall–Kier alpha value is -1.39. The number of hydrogen-bond donors (Lipinski definition) is 1. The van der Waals surface area contributed by atoms with Crippen molar-refractivity contribution >= 4 is 11.6 Å². The van der Waals surface area contributed by atoms with Crippen LogP contribution in [-0.4, -0.2) is 42.5 Å². The molecule has 1 aliphatic rings. The van der Waals surface area contributed by atoms with E-state index in [4.69, 9.17) is 5.73 Å². The van der Waals surface area contributed by atoms with Crippen LogP contribution in [0.5, 0.6) is 0 Å². The van der Waals surface area contributed by atoms with Crippen LogP contribution in [0, 0.1) is 0 Å². The largest absolute Gasteiger partial charge is 0.329 e. The standard InChI is InChI=1S/C17H27N3O/c1-3-19(15-9-5-4-6-10-15)17(21)13-20-14(2)8-7-11-16(20)12-18/h4-6,9-10,14,16H,3,7-8,11-13,18H2,1-2H3. The van der Waals surface area contributed by atoms with Gasteiger partial charge in [-0.25, -0.2) is 0 Å². The Morgan fingerprint density at radius 1 is 1.33 bits per heavy atom. The third kappa shape index (κ3) is 3.83. The smallest absolute Gasteiger partial charge is 0.241 e. The van der Waals surface area contributed by atoms with Crippen molar-refractivity contribution in [2.24, 2.45) is 5.73 Å². The number of likely N-dealkylation sites (N-methyl/N-ethyl adjacent to an activating group) is 1. The van der Waals surface area contributed by atoms with E-state index in [0.29, 0.717) is 31.7 Å². The van der Waals surface area contributed by atoms with E-state index in [0.717, 1.165) is 18.5 Å². The van der Waals surface area contributed by atoms with Crippen LogP contribution >= 0.6 is 0 Å². The van der Waals surface area contributed by atoms with Gasteiger partial charge in [0.25, 0.3) is 0 Å². The van der Waals surface area contributed by atoms with Gasteiger partial charge in [0, 0.05) is 30.9 Å². The maximum atomic E-state index is 12.7. The van der Waals surface area contributed by atoms with E-state index in [1.807, 2.05) is 42.2 Å². The van der Waals surface area contributed by atoms with Gasteiger partial charge in [0.2, 0.25) is 5.91 Å². The Morgan fingerprint density at radius 2 is 2.05 bits per heavy atom. The number of benzene rings is 1. The van der Waals surface area contributed by atoms with E-state index in [1.165, 1.54) is 6.42 Å². The first-order valence-corrected chi connectivity index (χ1v) is 7.98. The van der Waals surface area contributed by atoms with Crippen molar-refractivity contribution in [3.63, 3.8) is 0 Å². The third-order valence-corrected chi connectivity index (χ3v) is 4.47. The second kappa shape index (κ2) is 7.57. The number of amides is 1. The maximum absolute atomic E-state index is 12.7. The Morgan fingerprint density at radius 3 is 2.67 bits per heavy atom. The number of carbonyl (C=O) groups is 1. The molecule has 2 N–H and O–H groups in total. The van der Waals surface area contributed by atoms with Crippen molar-refractivity contribution in [1.29, 1.82) is 0 Å². The molecule has 116 valence electrons. The minimum Gasteiger partial charge on any atom is -0.329 e. The molecule has 1 aromatic carbocycles. The van der Waals surface area contributed by atoms with E-state index in [-0.39, 0.29) is 5.91 Å². The molecule has 1 fully saturated rings. The van der Waals surface area contributed by atoms with Gasteiger partial charge < -0.3 is 10.6 Å². The third-order valence-electron chi connectivity index (χ3n) is 4.47. The van der Waals surface area contributed by atoms with Crippen LogP contribution in [-0.2, 0) is 4.79 Å². The molecule has 0 spiro atoms. The molecule has 1 heterocycles. The summed E-state index contributed by atoms with van der Waals surface area (Å²) in [5.41, 5.74) is 6.86. The topological polar surface area (TPSA) is 49.6 Å². The Balaban J connectivity index is 2.08. The van der Waals surface area contributed by atoms with Crippen molar-refractivity contribution in [1.82, 2.24) is 4.90 Å². The zero-order chi connectivity index (χ0) is 15.2. The zero-order valence-corrected chi connectivity index (χ0v) is 13.2. The molecule has 1 aromatic rings. The number of carbonyl (C=O) groups excluding carboxylic acids is 1. The molecule has 2 atom stereocenters. The number of rotatable bonds is 5. The van der Waals surface area contributed by atoms with Crippen LogP contribution in [0.1, 0.15) is 33.1 Å². The number of hydrogen-bond acceptors (Lipinski definition) is 3. The normalized spacial score (nSPS) is 23.0. The summed E-state index contributed by atoms with van der Waals surface area (Å²) in [6.07, 6.45) is 3.47. The lowest BCUT2D eigenvalue weighted by atomic mass is 9.96. The fourth-order valence-corrected chi connectivity index (χ4v) is 3.23. The average Bonchev–Trinajstić information content (AvgIpc) is 2.51. The van der Waals surface area contributed by atoms with E-state index in [1.54, 1.807) is 0 Å². The lowest BCUT2D eigenvalue weighted by molar-refractivity contribution is -0.121. The van der Waals surface area contributed by atoms with Crippen LogP contribution < -0.4 is 10.6 Å². The number of nitrogens with zero attached hydrogens (tertiary/aromatic N) is 2. The minimum absolute atomic E-state index is 0.163. The first-order chi connectivity index (χ1) is 10.2. The quantitative estimate of drug-likeness (QED) is 0.904. The van der Waals surface area contributed by atoms with Crippen molar-refractivity contribution in [2.45, 2.75) is 45.2 Å². The molecule has 4 nitrogen and oxygen atoms in total. The Kier molecular flexibility index (Phi) is 5.76. The molecule has 0 aliphatic carbocycles. The molecule has 2 rings (SSSR count). The molecule has 0 radical (unpaired) electrons. The van der Waals surface area contributed by atoms with Gasteiger partial charge in [-0.2, -0.15) is 0 Å². The van der Waals surface area contributed by atoms with Gasteiger partial charge in [-0.15, -0.1) is 0 Å². The fourth-order valence-electron chi connectivity index (χ4n) is 3.23. The number of para-hydroxylation sites is 1. The van der Waals surface area contributed by atoms with Gasteiger partial charge in [-0.1, -0.05) is 24.6 Å². The maximum Gasteiger partial charge on any atom is 0.241 e. The summed E-state index contributed by atoms with van der Waals surface area (Å²) < 4.78 is 0. The molecule has 1 amide bonds. The van der Waals surface area contributed by atoms with Crippen LogP contribution in [0.15, 0.2) is 30.3 Å². The highest BCUT2D eigenvalue weighted by molar-refractivity contribution is 5.94. The SMILES string of the molecule is CCN(C(=O)CN1C(C)CCCC1CN)c1ccccc1. The predicted molar refractivity (Wildman–Crippen MR) is 87.3 cm³/mol. The van der Waals surface area contributed by atoms with E-state index in [2.05, 4.69) is 11.8 Å². The summed E-state index contributed by atoms with van der Waals surface area (Å²) in [7, 11) is 0. The highest BCUT2D eigenvalue weighted by Gasteiger charge is 2.29. The van der Waals surface area contributed by atoms with Crippen molar-refractivity contribution < 1.29 is 4.79 Å². The van der Waals surface area contributed by atoms with Crippen molar-refractivity contribution in [3.8, 4) is 0 Å². The van der Waals surface area contributed by atoms with Gasteiger partial charge in [0.05, 0.1) is 6.54 Å². The molecule has 1 aliphatic heterocycles. The average molecular weight is 289 g/mol. The van der Waals surface area contributed by atoms with Crippen molar-refractivity contribution in [3.05, 3.63) is 30.3 Å². The van der Waals surface area contributed by atoms with Gasteiger partial charge in [0.15, 0.2) is 0 Å². The summed E-state index contributed by atoms with van der Waals surface area (Å²) in [4.78, 5) is 16.8. The summed E-state index contributed by atoms with van der Waals surface area (Å²) in [6, 6.07) is 10.7. The molecule has 4 heteroatoms. The summed E-state index contributed by atoms with van der Waals surface area (Å²) in [6.45, 7) is 6.01. The molecule has 2 unspecified atom stereocenters. The Bertz CT molecular complexity index is 449. The molecular formula is C17H27N3O.